The van der Waals surface area contributed by atoms with Gasteiger partial charge in [0.05, 0.1) is 13.0 Å². The smallest absolute Gasteiger partial charge is 0.392 e. The van der Waals surface area contributed by atoms with E-state index in [0.29, 0.717) is 16.8 Å². The summed E-state index contributed by atoms with van der Waals surface area (Å²) in [6.45, 7) is -0.419. The first-order valence-electron chi connectivity index (χ1n) is 5.29. The SMILES string of the molecule is Nc1ccc(OCCC(F)(F)F)c2cnccc12. The normalized spacial score (nSPS) is 11.7. The zero-order chi connectivity index (χ0) is 13.2. The van der Waals surface area contributed by atoms with Gasteiger partial charge in [-0.1, -0.05) is 0 Å². The van der Waals surface area contributed by atoms with Crippen molar-refractivity contribution in [2.45, 2.75) is 12.6 Å². The monoisotopic (exact) mass is 256 g/mol. The molecule has 3 nitrogen and oxygen atoms in total. The third kappa shape index (κ3) is 2.82. The molecule has 0 saturated heterocycles. The highest BCUT2D eigenvalue weighted by Crippen LogP contribution is 2.30. The van der Waals surface area contributed by atoms with Gasteiger partial charge in [-0.25, -0.2) is 0 Å². The molecule has 0 spiro atoms. The van der Waals surface area contributed by atoms with Crippen molar-refractivity contribution in [3.63, 3.8) is 0 Å². The fourth-order valence-corrected chi connectivity index (χ4v) is 1.59. The maximum Gasteiger partial charge on any atom is 0.392 e. The van der Waals surface area contributed by atoms with Gasteiger partial charge >= 0.3 is 6.18 Å². The highest BCUT2D eigenvalue weighted by molar-refractivity contribution is 5.96. The van der Waals surface area contributed by atoms with E-state index in [-0.39, 0.29) is 0 Å². The highest BCUT2D eigenvalue weighted by atomic mass is 19.4. The number of ether oxygens (including phenoxy) is 1. The average molecular weight is 256 g/mol. The highest BCUT2D eigenvalue weighted by Gasteiger charge is 2.26. The summed E-state index contributed by atoms with van der Waals surface area (Å²) in [5.41, 5.74) is 6.30. The Morgan fingerprint density at radius 3 is 2.67 bits per heavy atom. The number of hydrogen-bond donors (Lipinski definition) is 1. The Balaban J connectivity index is 2.21. The second-order valence-electron chi connectivity index (χ2n) is 3.79. The van der Waals surface area contributed by atoms with Gasteiger partial charge in [0.2, 0.25) is 0 Å². The van der Waals surface area contributed by atoms with Crippen LogP contribution in [-0.2, 0) is 0 Å². The summed E-state index contributed by atoms with van der Waals surface area (Å²) < 4.78 is 41.2. The van der Waals surface area contributed by atoms with Gasteiger partial charge in [-0.15, -0.1) is 0 Å². The van der Waals surface area contributed by atoms with Crippen LogP contribution in [0.25, 0.3) is 10.8 Å². The van der Waals surface area contributed by atoms with Crippen LogP contribution in [0.5, 0.6) is 5.75 Å². The van der Waals surface area contributed by atoms with Crippen LogP contribution in [0.3, 0.4) is 0 Å². The Kier molecular flexibility index (Phi) is 3.27. The number of aromatic nitrogens is 1. The maximum absolute atomic E-state index is 12.0. The van der Waals surface area contributed by atoms with E-state index < -0.39 is 19.2 Å². The quantitative estimate of drug-likeness (QED) is 0.858. The Hall–Kier alpha value is -1.98. The molecule has 0 bridgehead atoms. The second-order valence-corrected chi connectivity index (χ2v) is 3.79. The third-order valence-corrected chi connectivity index (χ3v) is 2.45. The Labute approximate surface area is 101 Å². The summed E-state index contributed by atoms with van der Waals surface area (Å²) in [5.74, 6) is 0.358. The average Bonchev–Trinajstić information content (AvgIpc) is 2.31. The predicted molar refractivity (Wildman–Crippen MR) is 62.3 cm³/mol. The number of alkyl halides is 3. The number of pyridine rings is 1. The van der Waals surface area contributed by atoms with Crippen molar-refractivity contribution in [2.75, 3.05) is 12.3 Å². The largest absolute Gasteiger partial charge is 0.493 e. The van der Waals surface area contributed by atoms with Gasteiger partial charge in [0.25, 0.3) is 0 Å². The van der Waals surface area contributed by atoms with E-state index in [9.17, 15) is 13.2 Å². The number of nitrogens with two attached hydrogens (primary N) is 1. The Morgan fingerprint density at radius 1 is 1.17 bits per heavy atom. The van der Waals surface area contributed by atoms with Crippen LogP contribution in [0.4, 0.5) is 18.9 Å². The number of nitrogen functional groups attached to an aromatic ring is 1. The van der Waals surface area contributed by atoms with Gasteiger partial charge in [0.1, 0.15) is 5.75 Å². The minimum absolute atomic E-state index is 0.358. The molecule has 0 aliphatic rings. The van der Waals surface area contributed by atoms with E-state index in [1.807, 2.05) is 0 Å². The molecule has 0 unspecified atom stereocenters. The van der Waals surface area contributed by atoms with Crippen molar-refractivity contribution < 1.29 is 17.9 Å². The number of rotatable bonds is 3. The summed E-state index contributed by atoms with van der Waals surface area (Å²) in [7, 11) is 0. The van der Waals surface area contributed by atoms with Crippen molar-refractivity contribution >= 4 is 16.5 Å². The molecular formula is C12H11F3N2O. The van der Waals surface area contributed by atoms with Gasteiger partial charge in [-0.3, -0.25) is 4.98 Å². The molecule has 0 saturated carbocycles. The van der Waals surface area contributed by atoms with Crippen LogP contribution in [0.2, 0.25) is 0 Å². The standard InChI is InChI=1S/C12H11F3N2O/c13-12(14,15)4-6-18-11-2-1-10(16)8-3-5-17-7-9(8)11/h1-3,5,7H,4,6,16H2. The molecule has 96 valence electrons. The van der Waals surface area contributed by atoms with Crippen LogP contribution in [0.1, 0.15) is 6.42 Å². The molecule has 0 amide bonds. The van der Waals surface area contributed by atoms with Crippen LogP contribution < -0.4 is 10.5 Å². The van der Waals surface area contributed by atoms with Crippen LogP contribution in [0, 0.1) is 0 Å². The summed E-state index contributed by atoms with van der Waals surface area (Å²) in [5, 5.41) is 1.33. The first-order chi connectivity index (χ1) is 8.47. The third-order valence-electron chi connectivity index (χ3n) is 2.45. The van der Waals surface area contributed by atoms with Crippen molar-refractivity contribution in [1.29, 1.82) is 0 Å². The van der Waals surface area contributed by atoms with Gasteiger partial charge in [0.15, 0.2) is 0 Å². The molecule has 0 atom stereocenters. The van der Waals surface area contributed by atoms with Crippen molar-refractivity contribution in [3.05, 3.63) is 30.6 Å². The predicted octanol–water partition coefficient (Wildman–Crippen LogP) is 3.15. The van der Waals surface area contributed by atoms with Gasteiger partial charge in [0, 0.05) is 28.9 Å². The van der Waals surface area contributed by atoms with E-state index in [1.165, 1.54) is 6.20 Å². The molecule has 2 N–H and O–H groups in total. The summed E-state index contributed by atoms with van der Waals surface area (Å²) >= 11 is 0. The molecule has 1 aromatic carbocycles. The molecule has 6 heteroatoms. The molecule has 2 rings (SSSR count). The first kappa shape index (κ1) is 12.5. The minimum Gasteiger partial charge on any atom is -0.493 e. The first-order valence-corrected chi connectivity index (χ1v) is 5.29. The van der Waals surface area contributed by atoms with Crippen LogP contribution in [0.15, 0.2) is 30.6 Å². The lowest BCUT2D eigenvalue weighted by Gasteiger charge is -2.11. The molecule has 2 aromatic rings. The van der Waals surface area contributed by atoms with E-state index in [1.54, 1.807) is 24.4 Å². The zero-order valence-electron chi connectivity index (χ0n) is 9.37. The lowest BCUT2D eigenvalue weighted by molar-refractivity contribution is -0.139. The number of halogens is 3. The fourth-order valence-electron chi connectivity index (χ4n) is 1.59. The van der Waals surface area contributed by atoms with Crippen molar-refractivity contribution in [3.8, 4) is 5.75 Å². The van der Waals surface area contributed by atoms with Gasteiger partial charge in [-0.05, 0) is 18.2 Å². The van der Waals surface area contributed by atoms with E-state index in [0.717, 1.165) is 5.39 Å². The van der Waals surface area contributed by atoms with Crippen LogP contribution >= 0.6 is 0 Å². The fraction of sp³-hybridized carbons (Fsp3) is 0.250. The molecule has 0 aliphatic carbocycles. The van der Waals surface area contributed by atoms with E-state index in [2.05, 4.69) is 4.98 Å². The van der Waals surface area contributed by atoms with E-state index >= 15 is 0 Å². The maximum atomic E-state index is 12.0. The van der Waals surface area contributed by atoms with Crippen molar-refractivity contribution in [2.24, 2.45) is 0 Å². The van der Waals surface area contributed by atoms with Gasteiger partial charge < -0.3 is 10.5 Å². The Morgan fingerprint density at radius 2 is 1.94 bits per heavy atom. The zero-order valence-corrected chi connectivity index (χ0v) is 9.37. The lowest BCUT2D eigenvalue weighted by atomic mass is 10.1. The summed E-state index contributed by atoms with van der Waals surface area (Å²) in [6, 6.07) is 4.85. The number of hydrogen-bond acceptors (Lipinski definition) is 3. The molecule has 0 aliphatic heterocycles. The summed E-state index contributed by atoms with van der Waals surface area (Å²) in [4.78, 5) is 3.91. The summed E-state index contributed by atoms with van der Waals surface area (Å²) in [6.07, 6.45) is -2.12. The molecule has 1 heterocycles. The topological polar surface area (TPSA) is 48.1 Å². The Bertz CT molecular complexity index is 555. The molecule has 1 aromatic heterocycles. The number of fused-ring (bicyclic) bond motifs is 1. The van der Waals surface area contributed by atoms with E-state index in [4.69, 9.17) is 10.5 Å². The molecule has 18 heavy (non-hydrogen) atoms. The molecular weight excluding hydrogens is 245 g/mol. The number of anilines is 1. The molecule has 0 fully saturated rings. The number of nitrogens with zero attached hydrogens (tertiary/aromatic N) is 1. The molecule has 0 radical (unpaired) electrons. The minimum atomic E-state index is -4.22. The van der Waals surface area contributed by atoms with Crippen LogP contribution in [-0.4, -0.2) is 17.8 Å². The second kappa shape index (κ2) is 4.72. The van der Waals surface area contributed by atoms with Crippen molar-refractivity contribution in [1.82, 2.24) is 4.98 Å². The lowest BCUT2D eigenvalue weighted by Crippen LogP contribution is -2.13. The number of benzene rings is 1. The van der Waals surface area contributed by atoms with Gasteiger partial charge in [-0.2, -0.15) is 13.2 Å².